The molecule has 1 amide bonds. The maximum absolute atomic E-state index is 12.3. The molecule has 0 aliphatic rings. The predicted molar refractivity (Wildman–Crippen MR) is 112 cm³/mol. The molecule has 0 atom stereocenters. The highest BCUT2D eigenvalue weighted by molar-refractivity contribution is 7.17. The number of amides is 1. The molecule has 0 aliphatic carbocycles. The van der Waals surface area contributed by atoms with Crippen LogP contribution in [0, 0.1) is 6.92 Å². The second-order valence-corrected chi connectivity index (χ2v) is 7.50. The van der Waals surface area contributed by atoms with Crippen LogP contribution >= 0.6 is 11.3 Å². The SMILES string of the molecule is Cc1nc(-c2ccccc2)sc1C(=O)OCC(=O)NCCc1ccc(OC(F)F)cc1. The van der Waals surface area contributed by atoms with Crippen LogP contribution in [0.25, 0.3) is 10.6 Å². The average Bonchev–Trinajstić information content (AvgIpc) is 3.15. The van der Waals surface area contributed by atoms with Crippen molar-refractivity contribution in [1.82, 2.24) is 10.3 Å². The number of nitrogens with zero attached hydrogens (tertiary/aromatic N) is 1. The van der Waals surface area contributed by atoms with E-state index in [1.54, 1.807) is 19.1 Å². The van der Waals surface area contributed by atoms with Crippen molar-refractivity contribution in [1.29, 1.82) is 0 Å². The first-order chi connectivity index (χ1) is 14.9. The molecular weight excluding hydrogens is 426 g/mol. The quantitative estimate of drug-likeness (QED) is 0.498. The van der Waals surface area contributed by atoms with E-state index in [9.17, 15) is 18.4 Å². The summed E-state index contributed by atoms with van der Waals surface area (Å²) in [5.74, 6) is -0.957. The summed E-state index contributed by atoms with van der Waals surface area (Å²) in [5.41, 5.74) is 2.29. The Balaban J connectivity index is 1.43. The summed E-state index contributed by atoms with van der Waals surface area (Å²) >= 11 is 1.22. The predicted octanol–water partition coefficient (Wildman–Crippen LogP) is 4.24. The van der Waals surface area contributed by atoms with Gasteiger partial charge in [-0.25, -0.2) is 9.78 Å². The van der Waals surface area contributed by atoms with Gasteiger partial charge in [0.1, 0.15) is 15.6 Å². The molecule has 31 heavy (non-hydrogen) atoms. The Morgan fingerprint density at radius 3 is 2.48 bits per heavy atom. The van der Waals surface area contributed by atoms with Crippen molar-refractivity contribution in [2.45, 2.75) is 20.0 Å². The summed E-state index contributed by atoms with van der Waals surface area (Å²) in [5, 5.41) is 3.36. The summed E-state index contributed by atoms with van der Waals surface area (Å²) < 4.78 is 33.7. The van der Waals surface area contributed by atoms with E-state index in [0.717, 1.165) is 11.1 Å². The number of alkyl halides is 2. The first kappa shape index (κ1) is 22.4. The average molecular weight is 446 g/mol. The number of aryl methyl sites for hydroxylation is 1. The molecule has 0 radical (unpaired) electrons. The van der Waals surface area contributed by atoms with Gasteiger partial charge < -0.3 is 14.8 Å². The monoisotopic (exact) mass is 446 g/mol. The van der Waals surface area contributed by atoms with Crippen molar-refractivity contribution in [2.75, 3.05) is 13.2 Å². The van der Waals surface area contributed by atoms with Crippen molar-refractivity contribution in [2.24, 2.45) is 0 Å². The lowest BCUT2D eigenvalue weighted by Crippen LogP contribution is -2.30. The van der Waals surface area contributed by atoms with Crippen molar-refractivity contribution >= 4 is 23.2 Å². The third-order valence-electron chi connectivity index (χ3n) is 4.22. The molecule has 0 saturated heterocycles. The van der Waals surface area contributed by atoms with E-state index in [0.29, 0.717) is 28.5 Å². The molecular formula is C22H20F2N2O4S. The number of carbonyl (C=O) groups is 2. The minimum Gasteiger partial charge on any atom is -0.451 e. The lowest BCUT2D eigenvalue weighted by molar-refractivity contribution is -0.124. The van der Waals surface area contributed by atoms with Crippen LogP contribution in [-0.4, -0.2) is 36.6 Å². The fourth-order valence-corrected chi connectivity index (χ4v) is 3.69. The molecule has 162 valence electrons. The Labute approximate surface area is 181 Å². The van der Waals surface area contributed by atoms with E-state index in [1.165, 1.54) is 23.5 Å². The second kappa shape index (κ2) is 10.6. The lowest BCUT2D eigenvalue weighted by Gasteiger charge is -2.07. The number of hydrogen-bond donors (Lipinski definition) is 1. The summed E-state index contributed by atoms with van der Waals surface area (Å²) in [4.78, 5) is 29.0. The lowest BCUT2D eigenvalue weighted by atomic mass is 10.1. The Kier molecular flexibility index (Phi) is 7.66. The van der Waals surface area contributed by atoms with E-state index in [-0.39, 0.29) is 5.75 Å². The summed E-state index contributed by atoms with van der Waals surface area (Å²) in [6.07, 6.45) is 0.489. The molecule has 2 aromatic carbocycles. The zero-order valence-corrected chi connectivity index (χ0v) is 17.5. The van der Waals surface area contributed by atoms with Crippen molar-refractivity contribution in [3.05, 3.63) is 70.7 Å². The van der Waals surface area contributed by atoms with Crippen LogP contribution in [-0.2, 0) is 16.0 Å². The van der Waals surface area contributed by atoms with Crippen LogP contribution in [0.3, 0.4) is 0 Å². The molecule has 6 nitrogen and oxygen atoms in total. The number of thiazole rings is 1. The van der Waals surface area contributed by atoms with Gasteiger partial charge in [0.05, 0.1) is 5.69 Å². The molecule has 0 saturated carbocycles. The summed E-state index contributed by atoms with van der Waals surface area (Å²) in [7, 11) is 0. The summed E-state index contributed by atoms with van der Waals surface area (Å²) in [6, 6.07) is 15.6. The number of ether oxygens (including phenoxy) is 2. The fourth-order valence-electron chi connectivity index (χ4n) is 2.72. The molecule has 1 aromatic heterocycles. The first-order valence-corrected chi connectivity index (χ1v) is 10.2. The maximum atomic E-state index is 12.3. The number of esters is 1. The maximum Gasteiger partial charge on any atom is 0.387 e. The minimum absolute atomic E-state index is 0.0727. The fraction of sp³-hybridized carbons (Fsp3) is 0.227. The topological polar surface area (TPSA) is 77.5 Å². The van der Waals surface area contributed by atoms with Gasteiger partial charge in [0.2, 0.25) is 0 Å². The molecule has 9 heteroatoms. The molecule has 3 aromatic rings. The van der Waals surface area contributed by atoms with Crippen molar-refractivity contribution < 1.29 is 27.8 Å². The van der Waals surface area contributed by atoms with Crippen LogP contribution in [0.15, 0.2) is 54.6 Å². The number of halogens is 2. The van der Waals surface area contributed by atoms with Gasteiger partial charge in [-0.15, -0.1) is 11.3 Å². The molecule has 1 N–H and O–H groups in total. The molecule has 0 spiro atoms. The van der Waals surface area contributed by atoms with Crippen LogP contribution in [0.1, 0.15) is 20.9 Å². The highest BCUT2D eigenvalue weighted by Gasteiger charge is 2.18. The third kappa shape index (κ3) is 6.58. The molecule has 0 bridgehead atoms. The number of benzene rings is 2. The van der Waals surface area contributed by atoms with E-state index in [4.69, 9.17) is 4.74 Å². The molecule has 0 fully saturated rings. The molecule has 0 aliphatic heterocycles. The largest absolute Gasteiger partial charge is 0.451 e. The van der Waals surface area contributed by atoms with Crippen molar-refractivity contribution in [3.63, 3.8) is 0 Å². The first-order valence-electron chi connectivity index (χ1n) is 9.43. The number of aromatic nitrogens is 1. The van der Waals surface area contributed by atoms with Gasteiger partial charge in [0.15, 0.2) is 6.61 Å². The van der Waals surface area contributed by atoms with Gasteiger partial charge in [-0.2, -0.15) is 8.78 Å². The second-order valence-electron chi connectivity index (χ2n) is 6.50. The number of nitrogens with one attached hydrogen (secondary N) is 1. The standard InChI is InChI=1S/C22H20F2N2O4S/c1-14-19(31-20(26-14)16-5-3-2-4-6-16)21(28)29-13-18(27)25-12-11-15-7-9-17(10-8-15)30-22(23)24/h2-10,22H,11-13H2,1H3,(H,25,27). The van der Waals surface area contributed by atoms with Gasteiger partial charge in [0, 0.05) is 12.1 Å². The number of hydrogen-bond acceptors (Lipinski definition) is 6. The number of rotatable bonds is 9. The number of carbonyl (C=O) groups excluding carboxylic acids is 2. The Bertz CT molecular complexity index is 1020. The smallest absolute Gasteiger partial charge is 0.387 e. The van der Waals surface area contributed by atoms with Crippen molar-refractivity contribution in [3.8, 4) is 16.3 Å². The molecule has 3 rings (SSSR count). The highest BCUT2D eigenvalue weighted by Crippen LogP contribution is 2.28. The van der Waals surface area contributed by atoms with Crippen LogP contribution in [0.2, 0.25) is 0 Å². The van der Waals surface area contributed by atoms with E-state index in [1.807, 2.05) is 30.3 Å². The van der Waals surface area contributed by atoms with E-state index >= 15 is 0 Å². The Hall–Kier alpha value is -3.33. The Morgan fingerprint density at radius 2 is 1.81 bits per heavy atom. The van der Waals surface area contributed by atoms with E-state index in [2.05, 4.69) is 15.0 Å². The Morgan fingerprint density at radius 1 is 1.10 bits per heavy atom. The highest BCUT2D eigenvalue weighted by atomic mass is 32.1. The molecule has 0 unspecified atom stereocenters. The van der Waals surface area contributed by atoms with Gasteiger partial charge >= 0.3 is 12.6 Å². The zero-order valence-electron chi connectivity index (χ0n) is 16.6. The van der Waals surface area contributed by atoms with Gasteiger partial charge in [0.25, 0.3) is 5.91 Å². The normalized spacial score (nSPS) is 10.7. The van der Waals surface area contributed by atoms with E-state index < -0.39 is 25.1 Å². The van der Waals surface area contributed by atoms with Crippen LogP contribution < -0.4 is 10.1 Å². The minimum atomic E-state index is -2.87. The van der Waals surface area contributed by atoms with Gasteiger partial charge in [-0.3, -0.25) is 4.79 Å². The van der Waals surface area contributed by atoms with Crippen LogP contribution in [0.4, 0.5) is 8.78 Å². The zero-order chi connectivity index (χ0) is 22.2. The van der Waals surface area contributed by atoms with Crippen LogP contribution in [0.5, 0.6) is 5.75 Å². The van der Waals surface area contributed by atoms with Gasteiger partial charge in [-0.05, 0) is 31.0 Å². The van der Waals surface area contributed by atoms with Gasteiger partial charge in [-0.1, -0.05) is 42.5 Å². The summed E-state index contributed by atoms with van der Waals surface area (Å²) in [6.45, 7) is -1.25. The molecule has 1 heterocycles. The third-order valence-corrected chi connectivity index (χ3v) is 5.41.